The van der Waals surface area contributed by atoms with Gasteiger partial charge in [0.1, 0.15) is 28.7 Å². The molecule has 3 aromatic heterocycles. The summed E-state index contributed by atoms with van der Waals surface area (Å²) in [4.78, 5) is 30.6. The monoisotopic (exact) mass is 474 g/mol. The van der Waals surface area contributed by atoms with Crippen LogP contribution in [-0.4, -0.2) is 30.5 Å². The molecule has 10 heteroatoms. The van der Waals surface area contributed by atoms with E-state index >= 15 is 0 Å². The molecule has 0 radical (unpaired) electrons. The first-order valence-electron chi connectivity index (χ1n) is 10.4. The zero-order chi connectivity index (χ0) is 24.0. The number of amides is 1. The molecule has 0 bridgehead atoms. The quantitative estimate of drug-likeness (QED) is 0.418. The number of carbonyl (C=O) groups excluding carboxylic acids is 1. The Morgan fingerprint density at radius 1 is 1.09 bits per heavy atom. The number of benzene rings is 2. The molecule has 5 aromatic rings. The molecule has 9 nitrogen and oxygen atoms in total. The van der Waals surface area contributed by atoms with Crippen molar-refractivity contribution in [2.75, 3.05) is 5.43 Å². The first kappa shape index (κ1) is 21.6. The van der Waals surface area contributed by atoms with Crippen LogP contribution in [0.1, 0.15) is 27.2 Å². The summed E-state index contributed by atoms with van der Waals surface area (Å²) in [7, 11) is 0. The second-order valence-electron chi connectivity index (χ2n) is 7.87. The van der Waals surface area contributed by atoms with Crippen molar-refractivity contribution in [3.63, 3.8) is 0 Å². The molecule has 0 saturated carbocycles. The topological polar surface area (TPSA) is 108 Å². The number of nitrogens with one attached hydrogen (secondary N) is 1. The van der Waals surface area contributed by atoms with E-state index in [9.17, 15) is 9.59 Å². The maximum Gasteiger partial charge on any atom is 0.283 e. The number of fused-ring (bicyclic) bond motifs is 1. The average Bonchev–Trinajstić information content (AvgIpc) is 3.42. The highest BCUT2D eigenvalue weighted by Gasteiger charge is 2.24. The van der Waals surface area contributed by atoms with E-state index in [0.717, 1.165) is 21.5 Å². The highest BCUT2D eigenvalue weighted by atomic mass is 35.5. The minimum absolute atomic E-state index is 0.172. The van der Waals surface area contributed by atoms with Gasteiger partial charge < -0.3 is 4.52 Å². The minimum Gasteiger partial charge on any atom is -0.360 e. The molecular formula is C24H19ClN6O3. The van der Waals surface area contributed by atoms with Crippen LogP contribution in [0.3, 0.4) is 0 Å². The van der Waals surface area contributed by atoms with Crippen molar-refractivity contribution in [1.82, 2.24) is 24.6 Å². The third-order valence-electron chi connectivity index (χ3n) is 5.66. The predicted octanol–water partition coefficient (Wildman–Crippen LogP) is 4.20. The molecule has 0 aliphatic rings. The van der Waals surface area contributed by atoms with E-state index in [-0.39, 0.29) is 22.4 Å². The van der Waals surface area contributed by atoms with E-state index in [4.69, 9.17) is 16.1 Å². The van der Waals surface area contributed by atoms with Crippen LogP contribution in [0, 0.1) is 20.8 Å². The van der Waals surface area contributed by atoms with Crippen LogP contribution in [-0.2, 0) is 0 Å². The van der Waals surface area contributed by atoms with Crippen molar-refractivity contribution in [2.24, 2.45) is 0 Å². The second kappa shape index (κ2) is 8.27. The van der Waals surface area contributed by atoms with E-state index in [1.54, 1.807) is 35.9 Å². The Labute approximate surface area is 198 Å². The molecule has 0 aliphatic carbocycles. The SMILES string of the molecule is Cc1ccc(-n2ncc3c(=O)n(NC(=O)c4c(-c5ccccc5Cl)noc4C)cnc32)cc1C. The van der Waals surface area contributed by atoms with Gasteiger partial charge in [-0.05, 0) is 50.1 Å². The largest absolute Gasteiger partial charge is 0.360 e. The smallest absolute Gasteiger partial charge is 0.283 e. The molecule has 34 heavy (non-hydrogen) atoms. The summed E-state index contributed by atoms with van der Waals surface area (Å²) in [5.41, 5.74) is 6.51. The Morgan fingerprint density at radius 2 is 1.88 bits per heavy atom. The molecule has 0 fully saturated rings. The molecule has 0 aliphatic heterocycles. The number of halogens is 1. The van der Waals surface area contributed by atoms with Gasteiger partial charge in [0, 0.05) is 5.56 Å². The number of aryl methyl sites for hydroxylation is 3. The van der Waals surface area contributed by atoms with Crippen LogP contribution in [0.5, 0.6) is 0 Å². The van der Waals surface area contributed by atoms with Gasteiger partial charge >= 0.3 is 0 Å². The number of aromatic nitrogens is 5. The van der Waals surface area contributed by atoms with Crippen LogP contribution in [0.25, 0.3) is 28.0 Å². The lowest BCUT2D eigenvalue weighted by molar-refractivity contribution is 0.101. The molecule has 0 atom stereocenters. The predicted molar refractivity (Wildman–Crippen MR) is 128 cm³/mol. The van der Waals surface area contributed by atoms with E-state index in [1.165, 1.54) is 12.5 Å². The van der Waals surface area contributed by atoms with Crippen molar-refractivity contribution in [3.05, 3.63) is 92.8 Å². The van der Waals surface area contributed by atoms with Gasteiger partial charge in [-0.1, -0.05) is 41.0 Å². The van der Waals surface area contributed by atoms with Gasteiger partial charge in [-0.15, -0.1) is 0 Å². The summed E-state index contributed by atoms with van der Waals surface area (Å²) in [6.07, 6.45) is 2.68. The first-order valence-corrected chi connectivity index (χ1v) is 10.8. The average molecular weight is 475 g/mol. The standard InChI is InChI=1S/C24H19ClN6O3/c1-13-8-9-16(10-14(13)2)31-22-18(11-27-31)24(33)30(12-26-22)28-23(32)20-15(3)34-29-21(20)17-6-4-5-7-19(17)25/h4-12H,1-3H3,(H,28,32). The fourth-order valence-corrected chi connectivity index (χ4v) is 3.90. The zero-order valence-corrected chi connectivity index (χ0v) is 19.3. The zero-order valence-electron chi connectivity index (χ0n) is 18.5. The van der Waals surface area contributed by atoms with Crippen LogP contribution >= 0.6 is 11.6 Å². The van der Waals surface area contributed by atoms with Gasteiger partial charge in [-0.25, -0.2) is 14.3 Å². The lowest BCUT2D eigenvalue weighted by Crippen LogP contribution is -2.33. The molecule has 1 N–H and O–H groups in total. The van der Waals surface area contributed by atoms with Crippen LogP contribution in [0.2, 0.25) is 5.02 Å². The van der Waals surface area contributed by atoms with Crippen molar-refractivity contribution >= 4 is 28.5 Å². The van der Waals surface area contributed by atoms with Crippen LogP contribution in [0.4, 0.5) is 0 Å². The van der Waals surface area contributed by atoms with Gasteiger partial charge in [0.05, 0.1) is 16.9 Å². The third kappa shape index (κ3) is 3.56. The summed E-state index contributed by atoms with van der Waals surface area (Å²) in [5, 5.41) is 9.01. The molecule has 170 valence electrons. The molecular weight excluding hydrogens is 456 g/mol. The molecule has 5 rings (SSSR count). The maximum atomic E-state index is 13.1. The fraction of sp³-hybridized carbons (Fsp3) is 0.125. The van der Waals surface area contributed by atoms with Gasteiger partial charge in [-0.3, -0.25) is 15.0 Å². The number of nitrogens with zero attached hydrogens (tertiary/aromatic N) is 5. The Bertz CT molecular complexity index is 1630. The fourth-order valence-electron chi connectivity index (χ4n) is 3.68. The molecule has 1 amide bonds. The summed E-state index contributed by atoms with van der Waals surface area (Å²) in [6.45, 7) is 5.64. The minimum atomic E-state index is -0.585. The Hall–Kier alpha value is -4.24. The first-order chi connectivity index (χ1) is 16.3. The lowest BCUT2D eigenvalue weighted by Gasteiger charge is -2.09. The van der Waals surface area contributed by atoms with Gasteiger partial charge in [0.15, 0.2) is 5.65 Å². The van der Waals surface area contributed by atoms with E-state index < -0.39 is 11.5 Å². The summed E-state index contributed by atoms with van der Waals surface area (Å²) in [5.74, 6) is -0.296. The Balaban J connectivity index is 1.51. The second-order valence-corrected chi connectivity index (χ2v) is 8.27. The normalized spacial score (nSPS) is 11.2. The van der Waals surface area contributed by atoms with Crippen molar-refractivity contribution < 1.29 is 9.32 Å². The van der Waals surface area contributed by atoms with E-state index in [1.807, 2.05) is 32.0 Å². The Morgan fingerprint density at radius 3 is 2.65 bits per heavy atom. The van der Waals surface area contributed by atoms with Crippen LogP contribution in [0.15, 0.2) is 64.3 Å². The van der Waals surface area contributed by atoms with Crippen molar-refractivity contribution in [2.45, 2.75) is 20.8 Å². The number of rotatable bonds is 4. The van der Waals surface area contributed by atoms with Crippen molar-refractivity contribution in [1.29, 1.82) is 0 Å². The van der Waals surface area contributed by atoms with Crippen molar-refractivity contribution in [3.8, 4) is 16.9 Å². The number of carbonyl (C=O) groups is 1. The van der Waals surface area contributed by atoms with Crippen LogP contribution < -0.4 is 11.0 Å². The maximum absolute atomic E-state index is 13.1. The third-order valence-corrected chi connectivity index (χ3v) is 5.99. The Kier molecular flexibility index (Phi) is 5.25. The highest BCUT2D eigenvalue weighted by Crippen LogP contribution is 2.31. The van der Waals surface area contributed by atoms with E-state index in [2.05, 4.69) is 20.7 Å². The number of hydrogen-bond acceptors (Lipinski definition) is 6. The van der Waals surface area contributed by atoms with Gasteiger partial charge in [0.2, 0.25) is 0 Å². The molecule has 0 spiro atoms. The lowest BCUT2D eigenvalue weighted by atomic mass is 10.1. The van der Waals surface area contributed by atoms with Gasteiger partial charge in [0.25, 0.3) is 11.5 Å². The molecule has 0 unspecified atom stereocenters. The highest BCUT2D eigenvalue weighted by molar-refractivity contribution is 6.33. The van der Waals surface area contributed by atoms with E-state index in [0.29, 0.717) is 16.2 Å². The molecule has 0 saturated heterocycles. The summed E-state index contributed by atoms with van der Waals surface area (Å²) >= 11 is 6.28. The summed E-state index contributed by atoms with van der Waals surface area (Å²) in [6, 6.07) is 12.9. The summed E-state index contributed by atoms with van der Waals surface area (Å²) < 4.78 is 7.85. The molecule has 3 heterocycles. The molecule has 2 aromatic carbocycles. The number of hydrogen-bond donors (Lipinski definition) is 1. The van der Waals surface area contributed by atoms with Gasteiger partial charge in [-0.2, -0.15) is 5.10 Å².